The van der Waals surface area contributed by atoms with E-state index in [0.717, 1.165) is 6.42 Å². The molecule has 0 saturated heterocycles. The van der Waals surface area contributed by atoms with Crippen molar-refractivity contribution >= 4 is 5.69 Å². The minimum Gasteiger partial charge on any atom is -0.371 e. The zero-order valence-corrected chi connectivity index (χ0v) is 13.7. The molecule has 1 aliphatic heterocycles. The smallest absolute Gasteiger partial charge is 0.0414 e. The fourth-order valence-electron chi connectivity index (χ4n) is 3.36. The van der Waals surface area contributed by atoms with Crippen LogP contribution >= 0.6 is 0 Å². The van der Waals surface area contributed by atoms with E-state index >= 15 is 0 Å². The fraction of sp³-hybridized carbons (Fsp3) is 0.684. The predicted molar refractivity (Wildman–Crippen MR) is 92.8 cm³/mol. The van der Waals surface area contributed by atoms with Crippen LogP contribution in [0.5, 0.6) is 0 Å². The summed E-state index contributed by atoms with van der Waals surface area (Å²) >= 11 is 0. The van der Waals surface area contributed by atoms with Gasteiger partial charge in [0.25, 0.3) is 0 Å². The Morgan fingerprint density at radius 2 is 1.76 bits per heavy atom. The number of nitrogens with zero attached hydrogens (tertiary/aromatic N) is 1. The molecule has 0 aromatic heterocycles. The van der Waals surface area contributed by atoms with E-state index in [-0.39, 0.29) is 6.04 Å². The molecule has 0 aliphatic carbocycles. The van der Waals surface area contributed by atoms with Gasteiger partial charge >= 0.3 is 0 Å². The molecule has 1 aromatic rings. The summed E-state index contributed by atoms with van der Waals surface area (Å²) in [5.74, 6) is 0. The summed E-state index contributed by atoms with van der Waals surface area (Å²) in [6.45, 7) is 4.64. The largest absolute Gasteiger partial charge is 0.371 e. The molecular formula is C19H32N2. The normalized spacial score (nSPS) is 18.4. The minimum atomic E-state index is 0.222. The average Bonchev–Trinajstić information content (AvgIpc) is 2.67. The van der Waals surface area contributed by atoms with E-state index in [1.807, 2.05) is 0 Å². The van der Waals surface area contributed by atoms with Crippen LogP contribution in [0.4, 0.5) is 5.69 Å². The molecule has 1 aliphatic rings. The Morgan fingerprint density at radius 3 is 2.57 bits per heavy atom. The molecule has 21 heavy (non-hydrogen) atoms. The second kappa shape index (κ2) is 9.09. The maximum absolute atomic E-state index is 6.30. The number of benzene rings is 1. The lowest BCUT2D eigenvalue weighted by Gasteiger charge is -2.25. The van der Waals surface area contributed by atoms with Gasteiger partial charge in [-0.2, -0.15) is 0 Å². The highest BCUT2D eigenvalue weighted by atomic mass is 15.1. The van der Waals surface area contributed by atoms with Gasteiger partial charge in [0.1, 0.15) is 0 Å². The van der Waals surface area contributed by atoms with Gasteiger partial charge in [0, 0.05) is 24.8 Å². The SMILES string of the molecule is CCCCCCCCCN1CCCC(N)c2ccccc21. The molecule has 2 nitrogen and oxygen atoms in total. The Balaban J connectivity index is 1.79. The van der Waals surface area contributed by atoms with Gasteiger partial charge in [-0.15, -0.1) is 0 Å². The number of nitrogens with two attached hydrogens (primary N) is 1. The number of hydrogen-bond donors (Lipinski definition) is 1. The number of unbranched alkanes of at least 4 members (excludes halogenated alkanes) is 6. The van der Waals surface area contributed by atoms with Crippen molar-refractivity contribution < 1.29 is 0 Å². The predicted octanol–water partition coefficient (Wildman–Crippen LogP) is 5.04. The molecule has 2 heteroatoms. The summed E-state index contributed by atoms with van der Waals surface area (Å²) < 4.78 is 0. The molecule has 0 radical (unpaired) electrons. The molecule has 118 valence electrons. The second-order valence-electron chi connectivity index (χ2n) is 6.42. The number of fused-ring (bicyclic) bond motifs is 1. The molecule has 1 aromatic carbocycles. The van der Waals surface area contributed by atoms with Crippen LogP contribution in [0.15, 0.2) is 24.3 Å². The van der Waals surface area contributed by atoms with Gasteiger partial charge in [0.2, 0.25) is 0 Å². The molecule has 2 rings (SSSR count). The van der Waals surface area contributed by atoms with Crippen molar-refractivity contribution in [2.24, 2.45) is 5.73 Å². The van der Waals surface area contributed by atoms with Gasteiger partial charge in [-0.1, -0.05) is 63.6 Å². The van der Waals surface area contributed by atoms with Gasteiger partial charge in [0.15, 0.2) is 0 Å². The third kappa shape index (κ3) is 5.03. The van der Waals surface area contributed by atoms with Gasteiger partial charge < -0.3 is 10.6 Å². The lowest BCUT2D eigenvalue weighted by molar-refractivity contribution is 0.577. The number of hydrogen-bond acceptors (Lipinski definition) is 2. The van der Waals surface area contributed by atoms with Crippen LogP contribution in [0, 0.1) is 0 Å². The van der Waals surface area contributed by atoms with E-state index < -0.39 is 0 Å². The highest BCUT2D eigenvalue weighted by Gasteiger charge is 2.19. The second-order valence-corrected chi connectivity index (χ2v) is 6.42. The van der Waals surface area contributed by atoms with E-state index in [1.165, 1.54) is 75.7 Å². The van der Waals surface area contributed by atoms with Crippen molar-refractivity contribution in [2.75, 3.05) is 18.0 Å². The third-order valence-corrected chi connectivity index (χ3v) is 4.65. The number of para-hydroxylation sites is 1. The van der Waals surface area contributed by atoms with Crippen LogP contribution in [0.3, 0.4) is 0 Å². The Bertz CT molecular complexity index is 402. The molecular weight excluding hydrogens is 256 g/mol. The Labute approximate surface area is 130 Å². The number of rotatable bonds is 8. The van der Waals surface area contributed by atoms with Crippen molar-refractivity contribution in [1.82, 2.24) is 0 Å². The molecule has 0 fully saturated rings. The summed E-state index contributed by atoms with van der Waals surface area (Å²) in [5, 5.41) is 0. The first-order valence-corrected chi connectivity index (χ1v) is 8.92. The molecule has 0 saturated carbocycles. The molecule has 1 atom stereocenters. The van der Waals surface area contributed by atoms with Crippen molar-refractivity contribution in [2.45, 2.75) is 70.8 Å². The van der Waals surface area contributed by atoms with E-state index in [0.29, 0.717) is 0 Å². The van der Waals surface area contributed by atoms with Crippen LogP contribution in [0.25, 0.3) is 0 Å². The van der Waals surface area contributed by atoms with Gasteiger partial charge in [-0.3, -0.25) is 0 Å². The van der Waals surface area contributed by atoms with Crippen molar-refractivity contribution in [1.29, 1.82) is 0 Å². The van der Waals surface area contributed by atoms with Crippen molar-refractivity contribution in [3.8, 4) is 0 Å². The molecule has 0 bridgehead atoms. The van der Waals surface area contributed by atoms with Gasteiger partial charge in [-0.25, -0.2) is 0 Å². The summed E-state index contributed by atoms with van der Waals surface area (Å²) in [6, 6.07) is 8.95. The van der Waals surface area contributed by atoms with Gasteiger partial charge in [-0.05, 0) is 30.9 Å². The maximum atomic E-state index is 6.30. The first kappa shape index (κ1) is 16.4. The van der Waals surface area contributed by atoms with Crippen LogP contribution in [-0.2, 0) is 0 Å². The highest BCUT2D eigenvalue weighted by molar-refractivity contribution is 5.55. The van der Waals surface area contributed by atoms with Crippen LogP contribution in [0.2, 0.25) is 0 Å². The minimum absolute atomic E-state index is 0.222. The molecule has 1 heterocycles. The summed E-state index contributed by atoms with van der Waals surface area (Å²) in [5.41, 5.74) is 9.03. The first-order chi connectivity index (χ1) is 10.3. The zero-order valence-electron chi connectivity index (χ0n) is 13.7. The maximum Gasteiger partial charge on any atom is 0.0414 e. The Hall–Kier alpha value is -1.02. The summed E-state index contributed by atoms with van der Waals surface area (Å²) in [6.07, 6.45) is 12.0. The van der Waals surface area contributed by atoms with E-state index in [9.17, 15) is 0 Å². The Morgan fingerprint density at radius 1 is 1.05 bits per heavy atom. The van der Waals surface area contributed by atoms with Crippen molar-refractivity contribution in [3.63, 3.8) is 0 Å². The third-order valence-electron chi connectivity index (χ3n) is 4.65. The van der Waals surface area contributed by atoms with E-state index in [1.54, 1.807) is 0 Å². The zero-order chi connectivity index (χ0) is 14.9. The standard InChI is InChI=1S/C19H32N2/c1-2-3-4-5-6-7-10-15-21-16-11-13-18(20)17-12-8-9-14-19(17)21/h8-9,12,14,18H,2-7,10-11,13,15-16,20H2,1H3. The van der Waals surface area contributed by atoms with E-state index in [4.69, 9.17) is 5.73 Å². The van der Waals surface area contributed by atoms with Gasteiger partial charge in [0.05, 0.1) is 0 Å². The molecule has 0 amide bonds. The highest BCUT2D eigenvalue weighted by Crippen LogP contribution is 2.31. The lowest BCUT2D eigenvalue weighted by atomic mass is 10.0. The topological polar surface area (TPSA) is 29.3 Å². The fourth-order valence-corrected chi connectivity index (χ4v) is 3.36. The van der Waals surface area contributed by atoms with Crippen molar-refractivity contribution in [3.05, 3.63) is 29.8 Å². The Kier molecular flexibility index (Phi) is 7.08. The first-order valence-electron chi connectivity index (χ1n) is 8.92. The van der Waals surface area contributed by atoms with Crippen LogP contribution in [-0.4, -0.2) is 13.1 Å². The molecule has 1 unspecified atom stereocenters. The lowest BCUT2D eigenvalue weighted by Crippen LogP contribution is -2.25. The average molecular weight is 288 g/mol. The quantitative estimate of drug-likeness (QED) is 0.679. The summed E-state index contributed by atoms with van der Waals surface area (Å²) in [7, 11) is 0. The monoisotopic (exact) mass is 288 g/mol. The van der Waals surface area contributed by atoms with Crippen LogP contribution in [0.1, 0.15) is 76.3 Å². The number of anilines is 1. The molecule has 2 N–H and O–H groups in total. The van der Waals surface area contributed by atoms with E-state index in [2.05, 4.69) is 36.1 Å². The molecule has 0 spiro atoms. The summed E-state index contributed by atoms with van der Waals surface area (Å²) in [4.78, 5) is 2.56. The van der Waals surface area contributed by atoms with Crippen LogP contribution < -0.4 is 10.6 Å².